The highest BCUT2D eigenvalue weighted by molar-refractivity contribution is 6.27. The molecular formula is C24H16F3NO6. The molecule has 10 heteroatoms. The molecule has 4 rings (SSSR count). The largest absolute Gasteiger partial charge is 0.466 e. The molecule has 0 unspecified atom stereocenters. The average Bonchev–Trinajstić information content (AvgIpc) is 2.81. The number of Topliss-reactive ketones (excluding diaryl/α,β-unsaturated/α-hetero) is 2. The van der Waals surface area contributed by atoms with Gasteiger partial charge in [-0.25, -0.2) is 0 Å². The predicted octanol–water partition coefficient (Wildman–Crippen LogP) is 3.44. The van der Waals surface area contributed by atoms with Gasteiger partial charge in [-0.05, 0) is 24.6 Å². The summed E-state index contributed by atoms with van der Waals surface area (Å²) >= 11 is 0. The van der Waals surface area contributed by atoms with Gasteiger partial charge in [0, 0.05) is 17.0 Å². The summed E-state index contributed by atoms with van der Waals surface area (Å²) in [5.74, 6) is -12.7. The van der Waals surface area contributed by atoms with Crippen LogP contribution in [0.15, 0.2) is 59.9 Å². The minimum absolute atomic E-state index is 0.0175. The maximum atomic E-state index is 14.2. The zero-order valence-electron chi connectivity index (χ0n) is 17.6. The summed E-state index contributed by atoms with van der Waals surface area (Å²) in [5.41, 5.74) is -0.617. The third kappa shape index (κ3) is 3.36. The Morgan fingerprint density at radius 1 is 1.12 bits per heavy atom. The highest BCUT2D eigenvalue weighted by Gasteiger charge is 2.70. The van der Waals surface area contributed by atoms with E-state index in [-0.39, 0.29) is 28.9 Å². The molecule has 0 amide bonds. The number of hydrogen-bond acceptors (Lipinski definition) is 7. The molecule has 0 radical (unpaired) electrons. The fourth-order valence-electron chi connectivity index (χ4n) is 4.25. The molecule has 1 aliphatic heterocycles. The third-order valence-electron chi connectivity index (χ3n) is 5.78. The van der Waals surface area contributed by atoms with E-state index in [1.54, 1.807) is 0 Å². The van der Waals surface area contributed by atoms with Crippen LogP contribution in [0.3, 0.4) is 0 Å². The van der Waals surface area contributed by atoms with Gasteiger partial charge in [0.1, 0.15) is 5.92 Å². The van der Waals surface area contributed by atoms with Crippen molar-refractivity contribution in [1.82, 2.24) is 0 Å². The number of fused-ring (bicyclic) bond motifs is 1. The lowest BCUT2D eigenvalue weighted by atomic mass is 9.69. The number of rotatable bonds is 3. The first-order valence-electron chi connectivity index (χ1n) is 10.1. The molecule has 0 bridgehead atoms. The molecule has 174 valence electrons. The molecule has 0 aromatic heterocycles. The van der Waals surface area contributed by atoms with E-state index in [0.29, 0.717) is 0 Å². The van der Waals surface area contributed by atoms with Crippen molar-refractivity contribution < 1.29 is 42.1 Å². The van der Waals surface area contributed by atoms with E-state index in [1.807, 2.05) is 6.07 Å². The Balaban J connectivity index is 2.05. The molecule has 1 aliphatic carbocycles. The Hall–Kier alpha value is -3.97. The van der Waals surface area contributed by atoms with Gasteiger partial charge in [0.05, 0.1) is 23.8 Å². The summed E-state index contributed by atoms with van der Waals surface area (Å²) in [6.07, 6.45) is -5.55. The lowest BCUT2D eigenvalue weighted by molar-refractivity contribution is -0.375. The molecule has 7 nitrogen and oxygen atoms in total. The lowest BCUT2D eigenvalue weighted by Crippen LogP contribution is -2.61. The third-order valence-corrected chi connectivity index (χ3v) is 5.78. The van der Waals surface area contributed by atoms with Crippen molar-refractivity contribution in [2.24, 2.45) is 5.92 Å². The van der Waals surface area contributed by atoms with Crippen LogP contribution in [0, 0.1) is 17.2 Å². The van der Waals surface area contributed by atoms with Gasteiger partial charge in [0.15, 0.2) is 11.5 Å². The number of carbonyl (C=O) groups excluding carboxylic acids is 3. The number of ether oxygens (including phenoxy) is 2. The number of nitrogens with zero attached hydrogens (tertiary/aromatic N) is 1. The highest BCUT2D eigenvalue weighted by Crippen LogP contribution is 2.54. The van der Waals surface area contributed by atoms with Crippen LogP contribution in [-0.2, 0) is 14.3 Å². The fourth-order valence-corrected chi connectivity index (χ4v) is 4.25. The van der Waals surface area contributed by atoms with Gasteiger partial charge in [-0.1, -0.05) is 36.4 Å². The van der Waals surface area contributed by atoms with Gasteiger partial charge in [-0.15, -0.1) is 0 Å². The molecule has 0 spiro atoms. The fraction of sp³-hybridized carbons (Fsp3) is 0.250. The SMILES string of the molecule is CCOC(=O)[C@@H]1[C@@H](c2ccc(C#N)cc2)C2=C(O[C@@]1(O)C(F)(F)F)C(=O)c1ccccc1C2=O. The molecule has 2 aromatic carbocycles. The van der Waals surface area contributed by atoms with Crippen LogP contribution >= 0.6 is 0 Å². The van der Waals surface area contributed by atoms with Crippen LogP contribution in [0.4, 0.5) is 13.2 Å². The van der Waals surface area contributed by atoms with Crippen molar-refractivity contribution in [3.63, 3.8) is 0 Å². The molecule has 34 heavy (non-hydrogen) atoms. The van der Waals surface area contributed by atoms with E-state index >= 15 is 0 Å². The molecule has 1 heterocycles. The smallest absolute Gasteiger partial charge is 0.456 e. The van der Waals surface area contributed by atoms with Gasteiger partial charge in [-0.2, -0.15) is 18.4 Å². The summed E-state index contributed by atoms with van der Waals surface area (Å²) in [6.45, 7) is 1.05. The van der Waals surface area contributed by atoms with Crippen LogP contribution in [0.5, 0.6) is 0 Å². The second-order valence-electron chi connectivity index (χ2n) is 7.68. The predicted molar refractivity (Wildman–Crippen MR) is 108 cm³/mol. The van der Waals surface area contributed by atoms with E-state index in [0.717, 1.165) is 0 Å². The number of carbonyl (C=O) groups is 3. The molecule has 0 fully saturated rings. The van der Waals surface area contributed by atoms with Crippen LogP contribution < -0.4 is 0 Å². The Morgan fingerprint density at radius 3 is 2.24 bits per heavy atom. The van der Waals surface area contributed by atoms with Crippen LogP contribution in [0.25, 0.3) is 0 Å². The maximum absolute atomic E-state index is 14.2. The van der Waals surface area contributed by atoms with E-state index in [9.17, 15) is 32.7 Å². The Labute approximate surface area is 191 Å². The van der Waals surface area contributed by atoms with Crippen LogP contribution in [0.1, 0.15) is 44.7 Å². The van der Waals surface area contributed by atoms with E-state index in [1.165, 1.54) is 55.5 Å². The van der Waals surface area contributed by atoms with Crippen molar-refractivity contribution >= 4 is 17.5 Å². The summed E-state index contributed by atoms with van der Waals surface area (Å²) in [4.78, 5) is 39.4. The Morgan fingerprint density at radius 2 is 1.71 bits per heavy atom. The minimum Gasteiger partial charge on any atom is -0.466 e. The van der Waals surface area contributed by atoms with Crippen molar-refractivity contribution in [2.75, 3.05) is 6.61 Å². The van der Waals surface area contributed by atoms with Crippen LogP contribution in [0.2, 0.25) is 0 Å². The van der Waals surface area contributed by atoms with E-state index in [2.05, 4.69) is 0 Å². The lowest BCUT2D eigenvalue weighted by Gasteiger charge is -2.45. The molecule has 2 aliphatic rings. The van der Waals surface area contributed by atoms with E-state index < -0.39 is 52.7 Å². The van der Waals surface area contributed by atoms with Crippen LogP contribution in [-0.4, -0.2) is 41.2 Å². The Kier molecular flexibility index (Phi) is 5.53. The molecule has 0 saturated heterocycles. The number of ketones is 2. The first-order chi connectivity index (χ1) is 16.0. The number of benzene rings is 2. The number of halogens is 3. The van der Waals surface area contributed by atoms with Gasteiger partial charge >= 0.3 is 17.9 Å². The number of aliphatic hydroxyl groups is 1. The van der Waals surface area contributed by atoms with Gasteiger partial charge in [0.2, 0.25) is 5.78 Å². The van der Waals surface area contributed by atoms with Gasteiger partial charge < -0.3 is 14.6 Å². The molecule has 3 atom stereocenters. The number of nitriles is 1. The number of esters is 1. The summed E-state index contributed by atoms with van der Waals surface area (Å²) in [5, 5.41) is 19.9. The van der Waals surface area contributed by atoms with Crippen molar-refractivity contribution in [1.29, 1.82) is 5.26 Å². The second-order valence-corrected chi connectivity index (χ2v) is 7.68. The zero-order chi connectivity index (χ0) is 24.8. The highest BCUT2D eigenvalue weighted by atomic mass is 19.4. The first kappa shape index (κ1) is 23.2. The van der Waals surface area contributed by atoms with Gasteiger partial charge in [-0.3, -0.25) is 14.4 Å². The Bertz CT molecular complexity index is 1270. The average molecular weight is 471 g/mol. The number of alkyl halides is 3. The maximum Gasteiger partial charge on any atom is 0.456 e. The normalized spacial score (nSPS) is 24.0. The van der Waals surface area contributed by atoms with Crippen molar-refractivity contribution in [3.8, 4) is 6.07 Å². The monoisotopic (exact) mass is 471 g/mol. The minimum atomic E-state index is -5.55. The second kappa shape index (κ2) is 8.11. The molecular weight excluding hydrogens is 455 g/mol. The zero-order valence-corrected chi connectivity index (χ0v) is 17.6. The van der Waals surface area contributed by atoms with Gasteiger partial charge in [0.25, 0.3) is 0 Å². The van der Waals surface area contributed by atoms with Crippen molar-refractivity contribution in [3.05, 3.63) is 82.1 Å². The molecule has 1 N–H and O–H groups in total. The summed E-state index contributed by atoms with van der Waals surface area (Å²) < 4.78 is 52.3. The molecule has 0 saturated carbocycles. The summed E-state index contributed by atoms with van der Waals surface area (Å²) in [6, 6.07) is 12.4. The topological polar surface area (TPSA) is 114 Å². The quantitative estimate of drug-likeness (QED) is 0.683. The van der Waals surface area contributed by atoms with E-state index in [4.69, 9.17) is 14.7 Å². The number of allylic oxidation sites excluding steroid dienone is 2. The standard InChI is InChI=1S/C24H16F3NO6/c1-2-33-22(31)18-16(13-9-7-12(11-28)8-10-13)17-19(29)14-5-3-4-6-15(14)20(30)21(17)34-23(18,32)24(25,26)27/h3-10,16,18,32H,2H2,1H3/t16-,18-,23+/m0/s1. The first-order valence-corrected chi connectivity index (χ1v) is 10.1. The summed E-state index contributed by atoms with van der Waals surface area (Å²) in [7, 11) is 0. The van der Waals surface area contributed by atoms with Crippen molar-refractivity contribution in [2.45, 2.75) is 24.8 Å². The number of hydrogen-bond donors (Lipinski definition) is 1. The molecule has 2 aromatic rings.